The molecule has 0 fully saturated rings. The topological polar surface area (TPSA) is 56.1 Å². The molecule has 84 valence electrons. The zero-order chi connectivity index (χ0) is 12.1. The van der Waals surface area contributed by atoms with Gasteiger partial charge in [0.1, 0.15) is 17.4 Å². The molecule has 1 aromatic rings. The van der Waals surface area contributed by atoms with Crippen molar-refractivity contribution in [2.75, 3.05) is 25.5 Å². The predicted molar refractivity (Wildman–Crippen MR) is 58.5 cm³/mol. The molecule has 5 heteroatoms. The molecule has 0 aromatic heterocycles. The molecule has 0 saturated carbocycles. The Morgan fingerprint density at radius 1 is 1.62 bits per heavy atom. The molecule has 0 aliphatic heterocycles. The number of nitriles is 1. The first-order chi connectivity index (χ1) is 7.60. The minimum Gasteiger partial charge on any atom is -0.364 e. The lowest BCUT2D eigenvalue weighted by Crippen LogP contribution is -2.33. The number of nitrogens with zero attached hydrogens (tertiary/aromatic N) is 2. The molecule has 0 aliphatic carbocycles. The highest BCUT2D eigenvalue weighted by Crippen LogP contribution is 2.20. The van der Waals surface area contributed by atoms with Gasteiger partial charge in [-0.05, 0) is 12.1 Å². The van der Waals surface area contributed by atoms with Crippen molar-refractivity contribution >= 4 is 11.6 Å². The maximum Gasteiger partial charge on any atom is 0.239 e. The molecule has 0 spiro atoms. The fraction of sp³-hybridized carbons (Fsp3) is 0.273. The van der Waals surface area contributed by atoms with Crippen LogP contribution in [0.25, 0.3) is 0 Å². The molecule has 0 heterocycles. The summed E-state index contributed by atoms with van der Waals surface area (Å²) >= 11 is 0. The van der Waals surface area contributed by atoms with Crippen LogP contribution in [-0.2, 0) is 4.79 Å². The highest BCUT2D eigenvalue weighted by atomic mass is 19.1. The van der Waals surface area contributed by atoms with E-state index in [1.54, 1.807) is 19.2 Å². The van der Waals surface area contributed by atoms with Gasteiger partial charge in [0.25, 0.3) is 0 Å². The molecule has 0 saturated heterocycles. The maximum atomic E-state index is 13.3. The number of benzene rings is 1. The molecule has 0 radical (unpaired) electrons. The average molecular weight is 221 g/mol. The minimum absolute atomic E-state index is 0.0473. The Hall–Kier alpha value is -2.09. The second-order valence-electron chi connectivity index (χ2n) is 3.28. The molecule has 1 rings (SSSR count). The van der Waals surface area contributed by atoms with Crippen LogP contribution in [0.5, 0.6) is 0 Å². The van der Waals surface area contributed by atoms with Gasteiger partial charge in [-0.2, -0.15) is 5.26 Å². The smallest absolute Gasteiger partial charge is 0.239 e. The van der Waals surface area contributed by atoms with E-state index in [2.05, 4.69) is 5.32 Å². The zero-order valence-corrected chi connectivity index (χ0v) is 9.12. The third kappa shape index (κ3) is 2.48. The van der Waals surface area contributed by atoms with E-state index in [-0.39, 0.29) is 18.0 Å². The molecule has 0 atom stereocenters. The van der Waals surface area contributed by atoms with E-state index in [1.165, 1.54) is 24.1 Å². The van der Waals surface area contributed by atoms with E-state index in [1.807, 2.05) is 0 Å². The molecule has 1 N–H and O–H groups in total. The quantitative estimate of drug-likeness (QED) is 0.824. The van der Waals surface area contributed by atoms with Crippen LogP contribution >= 0.6 is 0 Å². The predicted octanol–water partition coefficient (Wildman–Crippen LogP) is 0.880. The van der Waals surface area contributed by atoms with Crippen molar-refractivity contribution in [1.82, 2.24) is 5.32 Å². The number of likely N-dealkylation sites (N-methyl/N-ethyl adjacent to an activating group) is 2. The van der Waals surface area contributed by atoms with Crippen LogP contribution in [0.4, 0.5) is 10.1 Å². The Balaban J connectivity index is 3.00. The lowest BCUT2D eigenvalue weighted by molar-refractivity contribution is -0.119. The van der Waals surface area contributed by atoms with Gasteiger partial charge >= 0.3 is 0 Å². The summed E-state index contributed by atoms with van der Waals surface area (Å²) in [5.74, 6) is -0.778. The van der Waals surface area contributed by atoms with Crippen molar-refractivity contribution in [3.05, 3.63) is 29.6 Å². The van der Waals surface area contributed by atoms with Gasteiger partial charge in [0.2, 0.25) is 5.91 Å². The van der Waals surface area contributed by atoms with E-state index in [9.17, 15) is 9.18 Å². The second kappa shape index (κ2) is 5.12. The largest absolute Gasteiger partial charge is 0.364 e. The molecular formula is C11H12FN3O. The Morgan fingerprint density at radius 2 is 2.31 bits per heavy atom. The Bertz CT molecular complexity index is 439. The van der Waals surface area contributed by atoms with Crippen LogP contribution in [0, 0.1) is 17.1 Å². The van der Waals surface area contributed by atoms with E-state index in [0.717, 1.165) is 0 Å². The molecule has 16 heavy (non-hydrogen) atoms. The van der Waals surface area contributed by atoms with Crippen LogP contribution in [0.1, 0.15) is 5.56 Å². The first-order valence-electron chi connectivity index (χ1n) is 4.70. The minimum atomic E-state index is -0.580. The summed E-state index contributed by atoms with van der Waals surface area (Å²) in [6.45, 7) is 0.0780. The number of carbonyl (C=O) groups excluding carboxylic acids is 1. The van der Waals surface area contributed by atoms with Crippen LogP contribution in [-0.4, -0.2) is 26.5 Å². The van der Waals surface area contributed by atoms with E-state index < -0.39 is 5.82 Å². The first kappa shape index (κ1) is 12.0. The van der Waals surface area contributed by atoms with Crippen molar-refractivity contribution in [2.45, 2.75) is 0 Å². The standard InChI is InChI=1S/C11H12FN3O/c1-14-11(16)7-15(2)10-5-3-4-9(12)8(10)6-13/h3-5H,7H2,1-2H3,(H,14,16). The van der Waals surface area contributed by atoms with Gasteiger partial charge in [-0.1, -0.05) is 6.07 Å². The number of amides is 1. The molecule has 1 amide bonds. The highest BCUT2D eigenvalue weighted by Gasteiger charge is 2.13. The molecular weight excluding hydrogens is 209 g/mol. The van der Waals surface area contributed by atoms with Gasteiger partial charge < -0.3 is 10.2 Å². The summed E-state index contributed by atoms with van der Waals surface area (Å²) in [4.78, 5) is 12.7. The van der Waals surface area contributed by atoms with Gasteiger partial charge in [-0.25, -0.2) is 4.39 Å². The molecule has 1 aromatic carbocycles. The highest BCUT2D eigenvalue weighted by molar-refractivity contribution is 5.81. The number of hydrogen-bond donors (Lipinski definition) is 1. The van der Waals surface area contributed by atoms with Crippen LogP contribution in [0.3, 0.4) is 0 Å². The lowest BCUT2D eigenvalue weighted by atomic mass is 10.1. The van der Waals surface area contributed by atoms with Crippen molar-refractivity contribution < 1.29 is 9.18 Å². The summed E-state index contributed by atoms with van der Waals surface area (Å²) < 4.78 is 13.3. The third-order valence-corrected chi connectivity index (χ3v) is 2.17. The fourth-order valence-electron chi connectivity index (χ4n) is 1.32. The van der Waals surface area contributed by atoms with Crippen LogP contribution < -0.4 is 10.2 Å². The van der Waals surface area contributed by atoms with Gasteiger partial charge in [-0.3, -0.25) is 4.79 Å². The number of halogens is 1. The van der Waals surface area contributed by atoms with Gasteiger partial charge in [-0.15, -0.1) is 0 Å². The Labute approximate surface area is 93.3 Å². The van der Waals surface area contributed by atoms with Gasteiger partial charge in [0.15, 0.2) is 0 Å². The number of carbonyl (C=O) groups is 1. The fourth-order valence-corrected chi connectivity index (χ4v) is 1.32. The summed E-state index contributed by atoms with van der Waals surface area (Å²) in [7, 11) is 3.15. The van der Waals surface area contributed by atoms with E-state index in [4.69, 9.17) is 5.26 Å². The Morgan fingerprint density at radius 3 is 2.88 bits per heavy atom. The molecule has 0 aliphatic rings. The summed E-state index contributed by atoms with van der Waals surface area (Å²) in [5, 5.41) is 11.3. The van der Waals surface area contributed by atoms with Gasteiger partial charge in [0, 0.05) is 14.1 Å². The SMILES string of the molecule is CNC(=O)CN(C)c1cccc(F)c1C#N. The molecule has 0 bridgehead atoms. The van der Waals surface area contributed by atoms with Crippen molar-refractivity contribution in [3.63, 3.8) is 0 Å². The Kier molecular flexibility index (Phi) is 3.84. The normalized spacial score (nSPS) is 9.38. The number of nitrogens with one attached hydrogen (secondary N) is 1. The summed E-state index contributed by atoms with van der Waals surface area (Å²) in [6.07, 6.45) is 0. The number of hydrogen-bond acceptors (Lipinski definition) is 3. The van der Waals surface area contributed by atoms with E-state index >= 15 is 0 Å². The first-order valence-corrected chi connectivity index (χ1v) is 4.70. The second-order valence-corrected chi connectivity index (χ2v) is 3.28. The monoisotopic (exact) mass is 221 g/mol. The van der Waals surface area contributed by atoms with E-state index in [0.29, 0.717) is 5.69 Å². The number of rotatable bonds is 3. The third-order valence-electron chi connectivity index (χ3n) is 2.17. The van der Waals surface area contributed by atoms with Gasteiger partial charge in [0.05, 0.1) is 12.2 Å². The number of anilines is 1. The van der Waals surface area contributed by atoms with Crippen molar-refractivity contribution in [1.29, 1.82) is 5.26 Å². The van der Waals surface area contributed by atoms with Crippen molar-refractivity contribution in [3.8, 4) is 6.07 Å². The van der Waals surface area contributed by atoms with Crippen molar-refractivity contribution in [2.24, 2.45) is 0 Å². The average Bonchev–Trinajstić information content (AvgIpc) is 2.28. The molecule has 4 nitrogen and oxygen atoms in total. The van der Waals surface area contributed by atoms with Crippen LogP contribution in [0.2, 0.25) is 0 Å². The summed E-state index contributed by atoms with van der Waals surface area (Å²) in [6, 6.07) is 6.11. The molecule has 0 unspecified atom stereocenters. The summed E-state index contributed by atoms with van der Waals surface area (Å²) in [5.41, 5.74) is 0.361. The lowest BCUT2D eigenvalue weighted by Gasteiger charge is -2.19. The maximum absolute atomic E-state index is 13.3. The zero-order valence-electron chi connectivity index (χ0n) is 9.12. The van der Waals surface area contributed by atoms with Crippen LogP contribution in [0.15, 0.2) is 18.2 Å².